The maximum absolute atomic E-state index is 4.49. The average molecular weight is 365 g/mol. The van der Waals surface area contributed by atoms with Crippen LogP contribution in [0, 0.1) is 0 Å². The van der Waals surface area contributed by atoms with Crippen LogP contribution in [0.15, 0.2) is 33.7 Å². The van der Waals surface area contributed by atoms with Crippen molar-refractivity contribution < 1.29 is 0 Å². The quantitative estimate of drug-likeness (QED) is 0.577. The topological polar surface area (TPSA) is 78.0 Å². The van der Waals surface area contributed by atoms with Gasteiger partial charge in [-0.2, -0.15) is 5.10 Å². The van der Waals surface area contributed by atoms with E-state index in [2.05, 4.69) is 67.5 Å². The smallest absolute Gasteiger partial charge is 0.191 e. The van der Waals surface area contributed by atoms with Crippen LogP contribution in [-0.4, -0.2) is 33.7 Å². The van der Waals surface area contributed by atoms with Crippen molar-refractivity contribution in [1.82, 2.24) is 25.8 Å². The maximum atomic E-state index is 4.49. The number of aromatic amines is 1. The molecule has 0 atom stereocenters. The predicted molar refractivity (Wildman–Crippen MR) is 92.6 cm³/mol. The second-order valence-corrected chi connectivity index (χ2v) is 6.83. The van der Waals surface area contributed by atoms with Crippen molar-refractivity contribution in [3.05, 3.63) is 34.6 Å². The molecule has 0 spiro atoms. The molecule has 2 rings (SSSR count). The average Bonchev–Trinajstić information content (AvgIpc) is 2.92. The molecule has 0 aliphatic rings. The molecule has 0 saturated carbocycles. The fraction of sp³-hybridized carbons (Fsp3) is 0.400. The number of hydrogen-bond acceptors (Lipinski definition) is 3. The molecule has 1 heterocycles. The second-order valence-electron chi connectivity index (χ2n) is 5.91. The lowest BCUT2D eigenvalue weighted by molar-refractivity contribution is 0.500. The number of halogens is 1. The lowest BCUT2D eigenvalue weighted by Crippen LogP contribution is -2.47. The van der Waals surface area contributed by atoms with E-state index < -0.39 is 0 Å². The molecule has 7 heteroatoms. The van der Waals surface area contributed by atoms with Gasteiger partial charge in [0.05, 0.1) is 6.54 Å². The van der Waals surface area contributed by atoms with E-state index in [-0.39, 0.29) is 5.54 Å². The number of nitrogens with zero attached hydrogens (tertiary/aromatic N) is 3. The molecule has 0 unspecified atom stereocenters. The van der Waals surface area contributed by atoms with E-state index >= 15 is 0 Å². The molecule has 22 heavy (non-hydrogen) atoms. The third-order valence-corrected chi connectivity index (χ3v) is 3.30. The van der Waals surface area contributed by atoms with Gasteiger partial charge in [0.15, 0.2) is 11.8 Å². The van der Waals surface area contributed by atoms with Crippen molar-refractivity contribution in [3.8, 4) is 11.4 Å². The molecule has 118 valence electrons. The second kappa shape index (κ2) is 6.91. The van der Waals surface area contributed by atoms with Gasteiger partial charge in [0.2, 0.25) is 0 Å². The van der Waals surface area contributed by atoms with Crippen LogP contribution in [0.4, 0.5) is 0 Å². The fourth-order valence-electron chi connectivity index (χ4n) is 1.80. The zero-order chi connectivity index (χ0) is 16.2. The van der Waals surface area contributed by atoms with E-state index in [4.69, 9.17) is 0 Å². The number of H-pyrrole nitrogens is 1. The minimum absolute atomic E-state index is 0.0498. The van der Waals surface area contributed by atoms with Gasteiger partial charge < -0.3 is 10.6 Å². The molecule has 0 saturated heterocycles. The monoisotopic (exact) mass is 364 g/mol. The van der Waals surface area contributed by atoms with Gasteiger partial charge in [-0.25, -0.2) is 4.98 Å². The van der Waals surface area contributed by atoms with Gasteiger partial charge >= 0.3 is 0 Å². The molecule has 0 amide bonds. The van der Waals surface area contributed by atoms with Crippen molar-refractivity contribution in [2.75, 3.05) is 7.05 Å². The van der Waals surface area contributed by atoms with Gasteiger partial charge in [-0.3, -0.25) is 10.1 Å². The summed E-state index contributed by atoms with van der Waals surface area (Å²) in [6.45, 7) is 6.78. The minimum atomic E-state index is -0.0498. The highest BCUT2D eigenvalue weighted by Crippen LogP contribution is 2.18. The summed E-state index contributed by atoms with van der Waals surface area (Å²) in [4.78, 5) is 8.68. The van der Waals surface area contributed by atoms with Crippen molar-refractivity contribution in [1.29, 1.82) is 0 Å². The van der Waals surface area contributed by atoms with Gasteiger partial charge in [-0.1, -0.05) is 28.1 Å². The number of nitrogens with one attached hydrogen (secondary N) is 3. The summed E-state index contributed by atoms with van der Waals surface area (Å²) in [6, 6.07) is 7.90. The van der Waals surface area contributed by atoms with Crippen molar-refractivity contribution in [2.24, 2.45) is 4.99 Å². The lowest BCUT2D eigenvalue weighted by atomic mass is 10.1. The van der Waals surface area contributed by atoms with Crippen LogP contribution in [0.1, 0.15) is 26.6 Å². The Bertz CT molecular complexity index is 639. The first-order chi connectivity index (χ1) is 10.4. The Balaban J connectivity index is 1.99. The lowest BCUT2D eigenvalue weighted by Gasteiger charge is -2.23. The first-order valence-corrected chi connectivity index (χ1v) is 7.83. The SMILES string of the molecule is CN=C(NCc1nc(-c2ccc(Br)cc2)n[nH]1)NC(C)(C)C. The third kappa shape index (κ3) is 4.84. The Hall–Kier alpha value is -1.89. The first-order valence-electron chi connectivity index (χ1n) is 7.03. The summed E-state index contributed by atoms with van der Waals surface area (Å²) in [5, 5.41) is 13.7. The Kier molecular flexibility index (Phi) is 5.18. The van der Waals surface area contributed by atoms with Gasteiger partial charge in [0, 0.05) is 22.6 Å². The molecule has 6 nitrogen and oxygen atoms in total. The number of rotatable bonds is 3. The van der Waals surface area contributed by atoms with Crippen LogP contribution in [0.2, 0.25) is 0 Å². The first kappa shape index (κ1) is 16.5. The molecule has 2 aromatic rings. The van der Waals surface area contributed by atoms with E-state index in [9.17, 15) is 0 Å². The van der Waals surface area contributed by atoms with E-state index in [0.29, 0.717) is 12.4 Å². The molecule has 0 fully saturated rings. The molecule has 0 aliphatic carbocycles. The standard InChI is InChI=1S/C15H21BrN6/c1-15(2,3)20-14(17-4)18-9-12-19-13(22-21-12)10-5-7-11(16)8-6-10/h5-8H,9H2,1-4H3,(H2,17,18,20)(H,19,21,22). The number of hydrogen-bond donors (Lipinski definition) is 3. The van der Waals surface area contributed by atoms with Crippen molar-refractivity contribution in [3.63, 3.8) is 0 Å². The Morgan fingerprint density at radius 3 is 2.55 bits per heavy atom. The zero-order valence-electron chi connectivity index (χ0n) is 13.2. The van der Waals surface area contributed by atoms with Gasteiger partial charge in [0.1, 0.15) is 5.82 Å². The van der Waals surface area contributed by atoms with Crippen molar-refractivity contribution in [2.45, 2.75) is 32.9 Å². The van der Waals surface area contributed by atoms with Crippen LogP contribution >= 0.6 is 15.9 Å². The molecule has 3 N–H and O–H groups in total. The Morgan fingerprint density at radius 2 is 1.95 bits per heavy atom. The molecule has 1 aromatic carbocycles. The minimum Gasteiger partial charge on any atom is -0.352 e. The highest BCUT2D eigenvalue weighted by Gasteiger charge is 2.12. The highest BCUT2D eigenvalue weighted by molar-refractivity contribution is 9.10. The van der Waals surface area contributed by atoms with E-state index in [0.717, 1.165) is 21.8 Å². The number of aliphatic imine (C=N–C) groups is 1. The van der Waals surface area contributed by atoms with E-state index in [1.165, 1.54) is 0 Å². The normalized spacial score (nSPS) is 12.3. The molecule has 1 aromatic heterocycles. The molecular weight excluding hydrogens is 344 g/mol. The predicted octanol–water partition coefficient (Wildman–Crippen LogP) is 2.70. The summed E-state index contributed by atoms with van der Waals surface area (Å²) in [7, 11) is 1.74. The van der Waals surface area contributed by atoms with Gasteiger partial charge in [-0.15, -0.1) is 0 Å². The molecule has 0 radical (unpaired) electrons. The summed E-state index contributed by atoms with van der Waals surface area (Å²) >= 11 is 3.42. The van der Waals surface area contributed by atoms with Gasteiger partial charge in [-0.05, 0) is 32.9 Å². The van der Waals surface area contributed by atoms with Crippen molar-refractivity contribution >= 4 is 21.9 Å². The van der Waals surface area contributed by atoms with Crippen LogP contribution in [0.25, 0.3) is 11.4 Å². The Morgan fingerprint density at radius 1 is 1.27 bits per heavy atom. The largest absolute Gasteiger partial charge is 0.352 e. The van der Waals surface area contributed by atoms with Gasteiger partial charge in [0.25, 0.3) is 0 Å². The van der Waals surface area contributed by atoms with Crippen LogP contribution in [0.3, 0.4) is 0 Å². The zero-order valence-corrected chi connectivity index (χ0v) is 14.8. The summed E-state index contributed by atoms with van der Waals surface area (Å²) < 4.78 is 1.03. The fourth-order valence-corrected chi connectivity index (χ4v) is 2.07. The van der Waals surface area contributed by atoms with Crippen LogP contribution in [-0.2, 0) is 6.54 Å². The van der Waals surface area contributed by atoms with E-state index in [1.807, 2.05) is 24.3 Å². The summed E-state index contributed by atoms with van der Waals surface area (Å²) in [5.41, 5.74) is 0.925. The molecule has 0 aliphatic heterocycles. The number of aromatic nitrogens is 3. The third-order valence-electron chi connectivity index (χ3n) is 2.77. The molecule has 0 bridgehead atoms. The highest BCUT2D eigenvalue weighted by atomic mass is 79.9. The van der Waals surface area contributed by atoms with Crippen LogP contribution in [0.5, 0.6) is 0 Å². The maximum Gasteiger partial charge on any atom is 0.191 e. The summed E-state index contributed by atoms with van der Waals surface area (Å²) in [5.74, 6) is 2.17. The van der Waals surface area contributed by atoms with E-state index in [1.54, 1.807) is 7.05 Å². The Labute approximate surface area is 139 Å². The molecular formula is C15H21BrN6. The van der Waals surface area contributed by atoms with Crippen LogP contribution < -0.4 is 10.6 Å². The summed E-state index contributed by atoms with van der Waals surface area (Å²) in [6.07, 6.45) is 0. The number of guanidine groups is 1. The number of benzene rings is 1.